The first-order chi connectivity index (χ1) is 23.6. The van der Waals surface area contributed by atoms with Gasteiger partial charge < -0.3 is 4.42 Å². The monoisotopic (exact) mass is 612 g/mol. The minimum atomic E-state index is -0.133. The Morgan fingerprint density at radius 1 is 0.354 bits per heavy atom. The molecule has 0 amide bonds. The van der Waals surface area contributed by atoms with E-state index in [4.69, 9.17) is 4.42 Å². The van der Waals surface area contributed by atoms with Crippen LogP contribution in [0.5, 0.6) is 0 Å². The molecule has 0 unspecified atom stereocenters. The van der Waals surface area contributed by atoms with E-state index < -0.39 is 0 Å². The standard InChI is InChI=1S/C47H32O/c1-47(2)41-26-32(24-25-33(41)39-27-40-34-14-10-11-19-43(34)48-44(40)28-42(39)47)29-20-22-31(23-21-29)46-37-17-8-6-15-35(37)45(30-12-4-3-5-13-30)36-16-7-9-18-38(36)46/h3-28H,1-2H3. The van der Waals surface area contributed by atoms with Crippen LogP contribution in [-0.2, 0) is 5.41 Å². The first-order valence-electron chi connectivity index (χ1n) is 16.8. The molecule has 0 radical (unpaired) electrons. The van der Waals surface area contributed by atoms with Gasteiger partial charge in [0, 0.05) is 16.2 Å². The van der Waals surface area contributed by atoms with Crippen molar-refractivity contribution in [1.82, 2.24) is 0 Å². The summed E-state index contributed by atoms with van der Waals surface area (Å²) in [5.74, 6) is 0. The molecule has 1 heterocycles. The molecule has 0 atom stereocenters. The van der Waals surface area contributed by atoms with Crippen LogP contribution < -0.4 is 0 Å². The molecule has 9 aromatic rings. The summed E-state index contributed by atoms with van der Waals surface area (Å²) in [5.41, 5.74) is 14.6. The number of fused-ring (bicyclic) bond motifs is 8. The van der Waals surface area contributed by atoms with E-state index >= 15 is 0 Å². The zero-order valence-electron chi connectivity index (χ0n) is 26.9. The Morgan fingerprint density at radius 3 is 1.50 bits per heavy atom. The summed E-state index contributed by atoms with van der Waals surface area (Å²) in [4.78, 5) is 0. The van der Waals surface area contributed by atoms with E-state index in [0.717, 1.165) is 11.2 Å². The molecular weight excluding hydrogens is 581 g/mol. The van der Waals surface area contributed by atoms with Gasteiger partial charge in [0.1, 0.15) is 11.2 Å². The molecule has 1 nitrogen and oxygen atoms in total. The van der Waals surface area contributed by atoms with E-state index in [1.54, 1.807) is 0 Å². The van der Waals surface area contributed by atoms with Crippen LogP contribution in [0.4, 0.5) is 0 Å². The highest BCUT2D eigenvalue weighted by molar-refractivity contribution is 6.21. The molecule has 0 bridgehead atoms. The van der Waals surface area contributed by atoms with Gasteiger partial charge in [0.2, 0.25) is 0 Å². The summed E-state index contributed by atoms with van der Waals surface area (Å²) in [6.45, 7) is 4.68. The molecule has 1 aliphatic rings. The zero-order chi connectivity index (χ0) is 32.0. The Kier molecular flexibility index (Phi) is 5.69. The van der Waals surface area contributed by atoms with E-state index in [1.807, 2.05) is 6.07 Å². The average molecular weight is 613 g/mol. The zero-order valence-corrected chi connectivity index (χ0v) is 26.9. The van der Waals surface area contributed by atoms with Crippen LogP contribution in [0, 0.1) is 0 Å². The van der Waals surface area contributed by atoms with E-state index in [-0.39, 0.29) is 5.41 Å². The van der Waals surface area contributed by atoms with Crippen molar-refractivity contribution >= 4 is 43.5 Å². The molecule has 0 spiro atoms. The van der Waals surface area contributed by atoms with Crippen molar-refractivity contribution in [2.24, 2.45) is 0 Å². The Bertz CT molecular complexity index is 2670. The quantitative estimate of drug-likeness (QED) is 0.181. The first-order valence-corrected chi connectivity index (χ1v) is 16.8. The Labute approximate surface area is 279 Å². The highest BCUT2D eigenvalue weighted by Gasteiger charge is 2.36. The van der Waals surface area contributed by atoms with Gasteiger partial charge in [-0.3, -0.25) is 0 Å². The van der Waals surface area contributed by atoms with Crippen LogP contribution in [0.1, 0.15) is 25.0 Å². The molecule has 1 aliphatic carbocycles. The van der Waals surface area contributed by atoms with Crippen molar-refractivity contribution in [3.63, 3.8) is 0 Å². The Balaban J connectivity index is 1.09. The van der Waals surface area contributed by atoms with Gasteiger partial charge in [0.15, 0.2) is 0 Å². The second kappa shape index (κ2) is 10.0. The third-order valence-corrected chi connectivity index (χ3v) is 10.7. The summed E-state index contributed by atoms with van der Waals surface area (Å²) in [5, 5.41) is 7.47. The molecule has 0 aliphatic heterocycles. The summed E-state index contributed by atoms with van der Waals surface area (Å²) in [6, 6.07) is 57.7. The lowest BCUT2D eigenvalue weighted by Gasteiger charge is -2.22. The van der Waals surface area contributed by atoms with E-state index in [1.165, 1.54) is 88.0 Å². The van der Waals surface area contributed by atoms with Crippen LogP contribution >= 0.6 is 0 Å². The van der Waals surface area contributed by atoms with Gasteiger partial charge in [-0.15, -0.1) is 0 Å². The van der Waals surface area contributed by atoms with Crippen LogP contribution in [-0.4, -0.2) is 0 Å². The fraction of sp³-hybridized carbons (Fsp3) is 0.0638. The number of benzene rings is 8. The van der Waals surface area contributed by atoms with Gasteiger partial charge in [0.05, 0.1) is 0 Å². The van der Waals surface area contributed by atoms with Gasteiger partial charge in [-0.1, -0.05) is 147 Å². The number of furan rings is 1. The van der Waals surface area contributed by atoms with E-state index in [2.05, 4.69) is 166 Å². The predicted molar refractivity (Wildman–Crippen MR) is 203 cm³/mol. The fourth-order valence-electron chi connectivity index (χ4n) is 8.32. The smallest absolute Gasteiger partial charge is 0.135 e. The van der Waals surface area contributed by atoms with Gasteiger partial charge in [-0.05, 0) is 101 Å². The van der Waals surface area contributed by atoms with Crippen molar-refractivity contribution in [2.75, 3.05) is 0 Å². The minimum absolute atomic E-state index is 0.133. The SMILES string of the molecule is CC1(C)c2cc(-c3ccc(-c4c5ccccc5c(-c5ccccc5)c5ccccc45)cc3)ccc2-c2cc3c(cc21)oc1ccccc13. The average Bonchev–Trinajstić information content (AvgIpc) is 3.61. The molecule has 0 fully saturated rings. The Morgan fingerprint density at radius 2 is 0.854 bits per heavy atom. The molecule has 0 saturated carbocycles. The van der Waals surface area contributed by atoms with Crippen molar-refractivity contribution in [3.05, 3.63) is 169 Å². The third kappa shape index (κ3) is 3.85. The number of para-hydroxylation sites is 1. The predicted octanol–water partition coefficient (Wildman–Crippen LogP) is 13.2. The summed E-state index contributed by atoms with van der Waals surface area (Å²) < 4.78 is 6.29. The molecule has 8 aromatic carbocycles. The molecule has 1 aromatic heterocycles. The van der Waals surface area contributed by atoms with Crippen molar-refractivity contribution in [2.45, 2.75) is 19.3 Å². The van der Waals surface area contributed by atoms with Crippen LogP contribution in [0.25, 0.3) is 88.0 Å². The summed E-state index contributed by atoms with van der Waals surface area (Å²) >= 11 is 0. The second-order valence-electron chi connectivity index (χ2n) is 13.7. The van der Waals surface area contributed by atoms with Gasteiger partial charge in [-0.25, -0.2) is 0 Å². The lowest BCUT2D eigenvalue weighted by molar-refractivity contribution is 0.647. The van der Waals surface area contributed by atoms with Crippen LogP contribution in [0.2, 0.25) is 0 Å². The molecule has 0 saturated heterocycles. The first kappa shape index (κ1) is 27.2. The summed E-state index contributed by atoms with van der Waals surface area (Å²) in [7, 11) is 0. The lowest BCUT2D eigenvalue weighted by atomic mass is 9.81. The topological polar surface area (TPSA) is 13.1 Å². The number of rotatable bonds is 3. The lowest BCUT2D eigenvalue weighted by Crippen LogP contribution is -2.15. The van der Waals surface area contributed by atoms with Crippen LogP contribution in [0.3, 0.4) is 0 Å². The van der Waals surface area contributed by atoms with Crippen molar-refractivity contribution in [1.29, 1.82) is 0 Å². The molecule has 226 valence electrons. The summed E-state index contributed by atoms with van der Waals surface area (Å²) in [6.07, 6.45) is 0. The van der Waals surface area contributed by atoms with Crippen molar-refractivity contribution in [3.8, 4) is 44.5 Å². The van der Waals surface area contributed by atoms with E-state index in [0.29, 0.717) is 0 Å². The minimum Gasteiger partial charge on any atom is -0.456 e. The normalized spacial score (nSPS) is 13.4. The van der Waals surface area contributed by atoms with Crippen LogP contribution in [0.15, 0.2) is 162 Å². The molecular formula is C47H32O. The molecule has 1 heteroatoms. The molecule has 48 heavy (non-hydrogen) atoms. The number of hydrogen-bond donors (Lipinski definition) is 0. The van der Waals surface area contributed by atoms with Crippen molar-refractivity contribution < 1.29 is 4.42 Å². The second-order valence-corrected chi connectivity index (χ2v) is 13.7. The third-order valence-electron chi connectivity index (χ3n) is 10.7. The van der Waals surface area contributed by atoms with Gasteiger partial charge in [0.25, 0.3) is 0 Å². The fourth-order valence-corrected chi connectivity index (χ4v) is 8.32. The highest BCUT2D eigenvalue weighted by Crippen LogP contribution is 2.52. The highest BCUT2D eigenvalue weighted by atomic mass is 16.3. The van der Waals surface area contributed by atoms with Gasteiger partial charge in [-0.2, -0.15) is 0 Å². The van der Waals surface area contributed by atoms with Gasteiger partial charge >= 0.3 is 0 Å². The maximum Gasteiger partial charge on any atom is 0.135 e. The maximum absolute atomic E-state index is 6.29. The largest absolute Gasteiger partial charge is 0.456 e. The maximum atomic E-state index is 6.29. The van der Waals surface area contributed by atoms with E-state index in [9.17, 15) is 0 Å². The number of hydrogen-bond acceptors (Lipinski definition) is 1. The molecule has 0 N–H and O–H groups in total. The Hall–Kier alpha value is -5.92. The molecule has 10 rings (SSSR count).